The van der Waals surface area contributed by atoms with Crippen molar-refractivity contribution in [3.05, 3.63) is 42.0 Å². The van der Waals surface area contributed by atoms with E-state index in [1.165, 1.54) is 13.2 Å². The summed E-state index contributed by atoms with van der Waals surface area (Å²) < 4.78 is 28.1. The molecule has 0 atom stereocenters. The Morgan fingerprint density at radius 3 is 2.49 bits per heavy atom. The standard InChI is InChI=1S/C28H35FN6O4/c1-28(2,3)39-27(37)35(17-8-9-17)18-10-13-34(14-11-18)22-15-20(29)23(24-19(22)16-33(4)32-24)25(36)31-21-7-6-12-30-26(21)38-5/h6-7,12,15-18H,8-11,13-14H2,1-5H3,(H,31,36). The SMILES string of the molecule is COc1ncccc1NC(=O)c1c(F)cc(N2CCC(N(C(=O)OC(C)(C)C)C3CC3)CC2)c2cn(C)nc12. The number of amides is 2. The summed E-state index contributed by atoms with van der Waals surface area (Å²) >= 11 is 0. The maximum atomic E-state index is 15.6. The summed E-state index contributed by atoms with van der Waals surface area (Å²) in [6.45, 7) is 6.91. The average Bonchev–Trinajstić information content (AvgIpc) is 3.63. The summed E-state index contributed by atoms with van der Waals surface area (Å²) in [4.78, 5) is 34.3. The zero-order valence-corrected chi connectivity index (χ0v) is 23.0. The van der Waals surface area contributed by atoms with Gasteiger partial charge in [0, 0.05) is 50.0 Å². The minimum absolute atomic E-state index is 0.0670. The minimum Gasteiger partial charge on any atom is -0.480 e. The summed E-state index contributed by atoms with van der Waals surface area (Å²) in [5, 5.41) is 7.83. The van der Waals surface area contributed by atoms with Crippen molar-refractivity contribution in [2.24, 2.45) is 7.05 Å². The Bertz CT molecular complexity index is 1390. The molecule has 1 aliphatic heterocycles. The van der Waals surface area contributed by atoms with E-state index < -0.39 is 17.3 Å². The van der Waals surface area contributed by atoms with Crippen molar-refractivity contribution in [1.82, 2.24) is 19.7 Å². The van der Waals surface area contributed by atoms with Crippen LogP contribution in [0.3, 0.4) is 0 Å². The molecule has 5 rings (SSSR count). The zero-order valence-electron chi connectivity index (χ0n) is 23.0. The van der Waals surface area contributed by atoms with Gasteiger partial charge in [0.05, 0.1) is 12.8 Å². The summed E-state index contributed by atoms with van der Waals surface area (Å²) in [6, 6.07) is 5.00. The summed E-state index contributed by atoms with van der Waals surface area (Å²) in [5.41, 5.74) is 0.609. The topological polar surface area (TPSA) is 102 Å². The molecule has 2 fully saturated rings. The van der Waals surface area contributed by atoms with Gasteiger partial charge in [-0.15, -0.1) is 0 Å². The van der Waals surface area contributed by atoms with Crippen molar-refractivity contribution >= 4 is 34.3 Å². The highest BCUT2D eigenvalue weighted by Crippen LogP contribution is 2.37. The number of methoxy groups -OCH3 is 1. The molecule has 0 unspecified atom stereocenters. The number of aryl methyl sites for hydroxylation is 1. The Labute approximate surface area is 227 Å². The molecule has 2 aliphatic rings. The van der Waals surface area contributed by atoms with Crippen molar-refractivity contribution in [2.75, 3.05) is 30.4 Å². The molecule has 3 aromatic rings. The number of anilines is 2. The molecule has 39 heavy (non-hydrogen) atoms. The second-order valence-corrected chi connectivity index (χ2v) is 11.2. The third-order valence-electron chi connectivity index (χ3n) is 7.03. The molecule has 1 saturated heterocycles. The van der Waals surface area contributed by atoms with Crippen molar-refractivity contribution < 1.29 is 23.5 Å². The van der Waals surface area contributed by atoms with Gasteiger partial charge in [-0.3, -0.25) is 9.48 Å². The minimum atomic E-state index is -0.660. The van der Waals surface area contributed by atoms with Gasteiger partial charge in [-0.1, -0.05) is 0 Å². The third kappa shape index (κ3) is 5.62. The largest absolute Gasteiger partial charge is 0.480 e. The van der Waals surface area contributed by atoms with Gasteiger partial charge in [0.1, 0.15) is 28.2 Å². The maximum Gasteiger partial charge on any atom is 0.410 e. The van der Waals surface area contributed by atoms with Crippen molar-refractivity contribution in [2.45, 2.75) is 64.1 Å². The van der Waals surface area contributed by atoms with E-state index >= 15 is 4.39 Å². The highest BCUT2D eigenvalue weighted by Gasteiger charge is 2.41. The number of fused-ring (bicyclic) bond motifs is 1. The Morgan fingerprint density at radius 2 is 1.85 bits per heavy atom. The van der Waals surface area contributed by atoms with Gasteiger partial charge in [0.15, 0.2) is 0 Å². The molecular formula is C28H35FN6O4. The highest BCUT2D eigenvalue weighted by molar-refractivity contribution is 6.14. The average molecular weight is 539 g/mol. The molecule has 11 heteroatoms. The number of benzene rings is 1. The number of hydrogen-bond donors (Lipinski definition) is 1. The van der Waals surface area contributed by atoms with Crippen molar-refractivity contribution in [1.29, 1.82) is 0 Å². The van der Waals surface area contributed by atoms with Gasteiger partial charge < -0.3 is 24.6 Å². The van der Waals surface area contributed by atoms with Crippen LogP contribution in [0.15, 0.2) is 30.6 Å². The molecule has 208 valence electrons. The van der Waals surface area contributed by atoms with E-state index in [1.807, 2.05) is 25.7 Å². The molecule has 1 aliphatic carbocycles. The second-order valence-electron chi connectivity index (χ2n) is 11.2. The molecule has 3 heterocycles. The van der Waals surface area contributed by atoms with E-state index in [-0.39, 0.29) is 35.1 Å². The van der Waals surface area contributed by atoms with E-state index in [9.17, 15) is 9.59 Å². The monoisotopic (exact) mass is 538 g/mol. The second kappa shape index (κ2) is 10.3. The third-order valence-corrected chi connectivity index (χ3v) is 7.03. The molecular weight excluding hydrogens is 503 g/mol. The van der Waals surface area contributed by atoms with Crippen LogP contribution in [-0.4, -0.2) is 69.5 Å². The maximum absolute atomic E-state index is 15.6. The van der Waals surface area contributed by atoms with Gasteiger partial charge in [0.2, 0.25) is 5.88 Å². The van der Waals surface area contributed by atoms with E-state index in [0.29, 0.717) is 29.9 Å². The fourth-order valence-electron chi connectivity index (χ4n) is 5.20. The van der Waals surface area contributed by atoms with Crippen LogP contribution in [0.4, 0.5) is 20.6 Å². The molecule has 0 bridgehead atoms. The summed E-state index contributed by atoms with van der Waals surface area (Å²) in [5.74, 6) is -1.06. The summed E-state index contributed by atoms with van der Waals surface area (Å²) in [6.07, 6.45) is 6.55. The lowest BCUT2D eigenvalue weighted by Gasteiger charge is -2.40. The summed E-state index contributed by atoms with van der Waals surface area (Å²) in [7, 11) is 3.19. The molecule has 1 N–H and O–H groups in total. The lowest BCUT2D eigenvalue weighted by atomic mass is 10.0. The van der Waals surface area contributed by atoms with Crippen LogP contribution in [0.5, 0.6) is 5.88 Å². The molecule has 10 nitrogen and oxygen atoms in total. The van der Waals surface area contributed by atoms with Crippen LogP contribution < -0.4 is 15.0 Å². The number of rotatable bonds is 6. The lowest BCUT2D eigenvalue weighted by molar-refractivity contribution is 0.0114. The van der Waals surface area contributed by atoms with Crippen molar-refractivity contribution in [3.8, 4) is 5.88 Å². The number of ether oxygens (including phenoxy) is 2. The van der Waals surface area contributed by atoms with Crippen LogP contribution in [0.25, 0.3) is 10.9 Å². The van der Waals surface area contributed by atoms with Crippen molar-refractivity contribution in [3.63, 3.8) is 0 Å². The molecule has 2 aromatic heterocycles. The first-order valence-corrected chi connectivity index (χ1v) is 13.3. The van der Waals surface area contributed by atoms with E-state index in [4.69, 9.17) is 9.47 Å². The number of nitrogens with zero attached hydrogens (tertiary/aromatic N) is 5. The predicted octanol–water partition coefficient (Wildman–Crippen LogP) is 4.74. The first kappa shape index (κ1) is 26.7. The Balaban J connectivity index is 1.37. The fourth-order valence-corrected chi connectivity index (χ4v) is 5.20. The molecule has 0 spiro atoms. The number of halogens is 1. The molecule has 1 aromatic carbocycles. The normalized spacial score (nSPS) is 16.3. The van der Waals surface area contributed by atoms with Gasteiger partial charge in [0.25, 0.3) is 5.91 Å². The first-order chi connectivity index (χ1) is 18.6. The van der Waals surface area contributed by atoms with Gasteiger partial charge >= 0.3 is 6.09 Å². The Morgan fingerprint density at radius 1 is 1.15 bits per heavy atom. The van der Waals surface area contributed by atoms with Gasteiger partial charge in [-0.2, -0.15) is 5.10 Å². The Hall–Kier alpha value is -3.89. The van der Waals surface area contributed by atoms with E-state index in [2.05, 4.69) is 20.3 Å². The molecule has 1 saturated carbocycles. The Kier molecular flexibility index (Phi) is 7.09. The van der Waals surface area contributed by atoms with Crippen LogP contribution in [0, 0.1) is 5.82 Å². The number of carbonyl (C=O) groups excluding carboxylic acids is 2. The number of aromatic nitrogens is 3. The predicted molar refractivity (Wildman–Crippen MR) is 146 cm³/mol. The fraction of sp³-hybridized carbons (Fsp3) is 0.500. The number of piperidine rings is 1. The van der Waals surface area contributed by atoms with Gasteiger partial charge in [-0.05, 0) is 64.7 Å². The smallest absolute Gasteiger partial charge is 0.410 e. The number of carbonyl (C=O) groups is 2. The van der Waals surface area contributed by atoms with Gasteiger partial charge in [-0.25, -0.2) is 14.2 Å². The highest BCUT2D eigenvalue weighted by atomic mass is 19.1. The van der Waals surface area contributed by atoms with E-state index in [0.717, 1.165) is 25.7 Å². The van der Waals surface area contributed by atoms with Crippen LogP contribution in [-0.2, 0) is 11.8 Å². The number of hydrogen-bond acceptors (Lipinski definition) is 7. The molecule has 2 amide bonds. The van der Waals surface area contributed by atoms with Crippen LogP contribution in [0.2, 0.25) is 0 Å². The first-order valence-electron chi connectivity index (χ1n) is 13.3. The van der Waals surface area contributed by atoms with Crippen LogP contribution >= 0.6 is 0 Å². The zero-order chi connectivity index (χ0) is 27.9. The number of pyridine rings is 1. The molecule has 0 radical (unpaired) electrons. The van der Waals surface area contributed by atoms with E-state index in [1.54, 1.807) is 36.3 Å². The number of nitrogens with one attached hydrogen (secondary N) is 1. The quantitative estimate of drug-likeness (QED) is 0.484. The van der Waals surface area contributed by atoms with Crippen LogP contribution in [0.1, 0.15) is 56.8 Å². The lowest BCUT2D eigenvalue weighted by Crippen LogP contribution is -2.50.